The molecule has 0 saturated heterocycles. The van der Waals surface area contributed by atoms with Gasteiger partial charge in [0.15, 0.2) is 0 Å². The number of alkyl halides is 1. The van der Waals surface area contributed by atoms with Gasteiger partial charge in [-0.05, 0) is 37.0 Å². The zero-order chi connectivity index (χ0) is 14.5. The van der Waals surface area contributed by atoms with Crippen molar-refractivity contribution in [1.29, 1.82) is 0 Å². The molecule has 1 amide bonds. The number of halogens is 1. The summed E-state index contributed by atoms with van der Waals surface area (Å²) in [6, 6.07) is 5.91. The standard InChI is InChI=1S/C16H22ClNO2/c1-11-10-12(8-9-14(11)20-2)15(17)16(19)18-13-6-4-3-5-7-13/h8-10,13,15H,3-7H2,1-2H3,(H,18,19). The van der Waals surface area contributed by atoms with Crippen LogP contribution in [-0.4, -0.2) is 19.1 Å². The summed E-state index contributed by atoms with van der Waals surface area (Å²) in [6.07, 6.45) is 5.79. The van der Waals surface area contributed by atoms with Crippen molar-refractivity contribution in [2.75, 3.05) is 7.11 Å². The fourth-order valence-electron chi connectivity index (χ4n) is 2.73. The molecule has 1 unspecified atom stereocenters. The van der Waals surface area contributed by atoms with Gasteiger partial charge in [-0.25, -0.2) is 0 Å². The monoisotopic (exact) mass is 295 g/mol. The molecule has 0 radical (unpaired) electrons. The number of nitrogens with one attached hydrogen (secondary N) is 1. The second-order valence-corrected chi connectivity index (χ2v) is 5.87. The number of hydrogen-bond acceptors (Lipinski definition) is 2. The van der Waals surface area contributed by atoms with E-state index in [2.05, 4.69) is 5.32 Å². The molecule has 110 valence electrons. The number of ether oxygens (including phenoxy) is 1. The summed E-state index contributed by atoms with van der Waals surface area (Å²) in [5, 5.41) is 2.43. The van der Waals surface area contributed by atoms with E-state index in [0.29, 0.717) is 0 Å². The van der Waals surface area contributed by atoms with E-state index < -0.39 is 5.38 Å². The quantitative estimate of drug-likeness (QED) is 0.860. The van der Waals surface area contributed by atoms with Crippen molar-refractivity contribution in [3.63, 3.8) is 0 Å². The zero-order valence-corrected chi connectivity index (χ0v) is 12.9. The van der Waals surface area contributed by atoms with Crippen LogP contribution in [0.3, 0.4) is 0 Å². The Bertz CT molecular complexity index is 470. The van der Waals surface area contributed by atoms with Gasteiger partial charge in [0.1, 0.15) is 11.1 Å². The van der Waals surface area contributed by atoms with Crippen LogP contribution in [0.2, 0.25) is 0 Å². The number of amides is 1. The maximum Gasteiger partial charge on any atom is 0.242 e. The average Bonchev–Trinajstić information content (AvgIpc) is 2.47. The van der Waals surface area contributed by atoms with Crippen LogP contribution in [0.25, 0.3) is 0 Å². The van der Waals surface area contributed by atoms with Gasteiger partial charge in [0, 0.05) is 6.04 Å². The van der Waals surface area contributed by atoms with Gasteiger partial charge < -0.3 is 10.1 Å². The van der Waals surface area contributed by atoms with Crippen LogP contribution in [0.1, 0.15) is 48.6 Å². The van der Waals surface area contributed by atoms with Gasteiger partial charge in [-0.3, -0.25) is 4.79 Å². The first-order valence-electron chi connectivity index (χ1n) is 7.21. The molecule has 0 aromatic heterocycles. The molecule has 1 saturated carbocycles. The number of rotatable bonds is 4. The number of hydrogen-bond donors (Lipinski definition) is 1. The molecule has 1 aromatic carbocycles. The molecule has 4 heteroatoms. The van der Waals surface area contributed by atoms with Crippen LogP contribution >= 0.6 is 11.6 Å². The third kappa shape index (κ3) is 3.66. The van der Waals surface area contributed by atoms with E-state index in [4.69, 9.17) is 16.3 Å². The lowest BCUT2D eigenvalue weighted by Crippen LogP contribution is -2.38. The number of aryl methyl sites for hydroxylation is 1. The number of carbonyl (C=O) groups is 1. The Morgan fingerprint density at radius 2 is 2.05 bits per heavy atom. The van der Waals surface area contributed by atoms with E-state index >= 15 is 0 Å². The average molecular weight is 296 g/mol. The van der Waals surface area contributed by atoms with Crippen molar-refractivity contribution in [3.8, 4) is 5.75 Å². The van der Waals surface area contributed by atoms with E-state index in [1.807, 2.05) is 25.1 Å². The normalized spacial score (nSPS) is 17.6. The minimum Gasteiger partial charge on any atom is -0.496 e. The van der Waals surface area contributed by atoms with E-state index in [1.54, 1.807) is 7.11 Å². The highest BCUT2D eigenvalue weighted by atomic mass is 35.5. The summed E-state index contributed by atoms with van der Waals surface area (Å²) in [7, 11) is 1.63. The minimum atomic E-state index is -0.637. The van der Waals surface area contributed by atoms with Gasteiger partial charge in [0.25, 0.3) is 0 Å². The van der Waals surface area contributed by atoms with Crippen molar-refractivity contribution < 1.29 is 9.53 Å². The molecule has 1 atom stereocenters. The first kappa shape index (κ1) is 15.2. The van der Waals surface area contributed by atoms with E-state index in [9.17, 15) is 4.79 Å². The predicted octanol–water partition coefficient (Wildman–Crippen LogP) is 3.73. The van der Waals surface area contributed by atoms with Crippen LogP contribution in [-0.2, 0) is 4.79 Å². The highest BCUT2D eigenvalue weighted by Gasteiger charge is 2.22. The Morgan fingerprint density at radius 1 is 1.35 bits per heavy atom. The molecular weight excluding hydrogens is 274 g/mol. The summed E-state index contributed by atoms with van der Waals surface area (Å²) in [4.78, 5) is 12.2. The number of benzene rings is 1. The van der Waals surface area contributed by atoms with Gasteiger partial charge in [0.2, 0.25) is 5.91 Å². The molecule has 0 heterocycles. The van der Waals surface area contributed by atoms with E-state index in [-0.39, 0.29) is 11.9 Å². The first-order valence-corrected chi connectivity index (χ1v) is 7.64. The SMILES string of the molecule is COc1ccc(C(Cl)C(=O)NC2CCCCC2)cc1C. The summed E-state index contributed by atoms with van der Waals surface area (Å²) in [6.45, 7) is 1.95. The third-order valence-electron chi connectivity index (χ3n) is 3.89. The van der Waals surface area contributed by atoms with Crippen molar-refractivity contribution >= 4 is 17.5 Å². The molecule has 20 heavy (non-hydrogen) atoms. The Labute approximate surface area is 125 Å². The van der Waals surface area contributed by atoms with Crippen molar-refractivity contribution in [2.45, 2.75) is 50.4 Å². The Hall–Kier alpha value is -1.22. The maximum atomic E-state index is 12.2. The van der Waals surface area contributed by atoms with Crippen LogP contribution in [0.4, 0.5) is 0 Å². The number of carbonyl (C=O) groups excluding carboxylic acids is 1. The molecule has 0 bridgehead atoms. The molecule has 2 rings (SSSR count). The van der Waals surface area contributed by atoms with Gasteiger partial charge in [0.05, 0.1) is 7.11 Å². The topological polar surface area (TPSA) is 38.3 Å². The molecule has 3 nitrogen and oxygen atoms in total. The molecule has 1 aromatic rings. The van der Waals surface area contributed by atoms with Crippen LogP contribution in [0.5, 0.6) is 5.75 Å². The molecule has 0 spiro atoms. The first-order chi connectivity index (χ1) is 9.61. The Kier molecular flexibility index (Phi) is 5.30. The van der Waals surface area contributed by atoms with Crippen LogP contribution in [0, 0.1) is 6.92 Å². The zero-order valence-electron chi connectivity index (χ0n) is 12.1. The van der Waals surface area contributed by atoms with E-state index in [0.717, 1.165) is 29.7 Å². The highest BCUT2D eigenvalue weighted by molar-refractivity contribution is 6.30. The van der Waals surface area contributed by atoms with Gasteiger partial charge >= 0.3 is 0 Å². The Morgan fingerprint density at radius 3 is 2.65 bits per heavy atom. The fourth-order valence-corrected chi connectivity index (χ4v) is 2.93. The van der Waals surface area contributed by atoms with Crippen molar-refractivity contribution in [1.82, 2.24) is 5.32 Å². The minimum absolute atomic E-state index is 0.0943. The second kappa shape index (κ2) is 6.98. The second-order valence-electron chi connectivity index (χ2n) is 5.44. The van der Waals surface area contributed by atoms with Crippen LogP contribution in [0.15, 0.2) is 18.2 Å². The number of methoxy groups -OCH3 is 1. The predicted molar refractivity (Wildman–Crippen MR) is 81.3 cm³/mol. The molecule has 0 aliphatic heterocycles. The lowest BCUT2D eigenvalue weighted by atomic mass is 9.95. The summed E-state index contributed by atoms with van der Waals surface area (Å²) < 4.78 is 5.22. The van der Waals surface area contributed by atoms with Gasteiger partial charge in [-0.15, -0.1) is 11.6 Å². The van der Waals surface area contributed by atoms with Crippen molar-refractivity contribution in [2.24, 2.45) is 0 Å². The highest BCUT2D eigenvalue weighted by Crippen LogP contribution is 2.27. The molecule has 1 aliphatic rings. The lowest BCUT2D eigenvalue weighted by molar-refractivity contribution is -0.121. The molecule has 1 N–H and O–H groups in total. The van der Waals surface area contributed by atoms with E-state index in [1.165, 1.54) is 19.3 Å². The molecular formula is C16H22ClNO2. The van der Waals surface area contributed by atoms with Gasteiger partial charge in [-0.1, -0.05) is 31.4 Å². The largest absolute Gasteiger partial charge is 0.496 e. The maximum absolute atomic E-state index is 12.2. The third-order valence-corrected chi connectivity index (χ3v) is 4.34. The lowest BCUT2D eigenvalue weighted by Gasteiger charge is -2.24. The summed E-state index contributed by atoms with van der Waals surface area (Å²) >= 11 is 6.29. The molecule has 1 aliphatic carbocycles. The molecule has 1 fully saturated rings. The Balaban J connectivity index is 2.00. The van der Waals surface area contributed by atoms with Gasteiger partial charge in [-0.2, -0.15) is 0 Å². The fraction of sp³-hybridized carbons (Fsp3) is 0.562. The smallest absolute Gasteiger partial charge is 0.242 e. The summed E-state index contributed by atoms with van der Waals surface area (Å²) in [5.41, 5.74) is 1.80. The summed E-state index contributed by atoms with van der Waals surface area (Å²) in [5.74, 6) is 0.716. The van der Waals surface area contributed by atoms with Crippen molar-refractivity contribution in [3.05, 3.63) is 29.3 Å². The van der Waals surface area contributed by atoms with Crippen LogP contribution < -0.4 is 10.1 Å².